The molecule has 6 heteroatoms. The minimum absolute atomic E-state index is 0.134. The molecule has 0 aliphatic carbocycles. The molecule has 0 aliphatic rings. The predicted octanol–water partition coefficient (Wildman–Crippen LogP) is 4.86. The van der Waals surface area contributed by atoms with Crippen molar-refractivity contribution in [2.45, 2.75) is 26.6 Å². The third-order valence-electron chi connectivity index (χ3n) is 4.17. The first-order valence-electron chi connectivity index (χ1n) is 7.79. The average molecular weight is 378 g/mol. The van der Waals surface area contributed by atoms with Gasteiger partial charge in [-0.25, -0.2) is 0 Å². The van der Waals surface area contributed by atoms with Gasteiger partial charge in [0, 0.05) is 21.7 Å². The maximum atomic E-state index is 13.0. The summed E-state index contributed by atoms with van der Waals surface area (Å²) < 4.78 is 7.32. The number of ether oxygens (including phenoxy) is 1. The van der Waals surface area contributed by atoms with Crippen molar-refractivity contribution >= 4 is 40.0 Å². The highest BCUT2D eigenvalue weighted by molar-refractivity contribution is 6.35. The van der Waals surface area contributed by atoms with E-state index in [2.05, 4.69) is 0 Å². The van der Waals surface area contributed by atoms with Gasteiger partial charge < -0.3 is 9.84 Å². The number of para-hydroxylation sites is 1. The Hall–Kier alpha value is -2.01. The summed E-state index contributed by atoms with van der Waals surface area (Å²) in [5, 5.41) is 11.4. The minimum atomic E-state index is -0.764. The summed E-state index contributed by atoms with van der Waals surface area (Å²) in [6.07, 6.45) is -0.764. The molecule has 1 unspecified atom stereocenters. The van der Waals surface area contributed by atoms with Crippen LogP contribution < -0.4 is 4.74 Å². The lowest BCUT2D eigenvalue weighted by Crippen LogP contribution is -2.30. The third-order valence-corrected chi connectivity index (χ3v) is 4.70. The molecule has 1 aromatic heterocycles. The summed E-state index contributed by atoms with van der Waals surface area (Å²) in [5.41, 5.74) is 2.18. The largest absolute Gasteiger partial charge is 0.479 e. The van der Waals surface area contributed by atoms with Crippen LogP contribution in [0.3, 0.4) is 0 Å². The molecule has 0 fully saturated rings. The van der Waals surface area contributed by atoms with Gasteiger partial charge in [-0.05, 0) is 38.1 Å². The van der Waals surface area contributed by atoms with E-state index in [0.29, 0.717) is 21.5 Å². The number of hydrogen-bond acceptors (Lipinski definition) is 3. The van der Waals surface area contributed by atoms with Gasteiger partial charge in [-0.1, -0.05) is 41.4 Å². The zero-order chi connectivity index (χ0) is 18.1. The van der Waals surface area contributed by atoms with E-state index in [1.807, 2.05) is 31.2 Å². The highest BCUT2D eigenvalue weighted by atomic mass is 35.5. The summed E-state index contributed by atoms with van der Waals surface area (Å²) in [7, 11) is 0. The van der Waals surface area contributed by atoms with Crippen LogP contribution in [0.15, 0.2) is 42.5 Å². The van der Waals surface area contributed by atoms with Crippen molar-refractivity contribution in [2.24, 2.45) is 0 Å². The second-order valence-corrected chi connectivity index (χ2v) is 6.59. The normalized spacial score (nSPS) is 12.4. The lowest BCUT2D eigenvalue weighted by Gasteiger charge is -2.17. The monoisotopic (exact) mass is 377 g/mol. The molecule has 0 saturated heterocycles. The van der Waals surface area contributed by atoms with E-state index in [-0.39, 0.29) is 12.5 Å². The molecule has 2 aromatic carbocycles. The molecule has 0 bridgehead atoms. The van der Waals surface area contributed by atoms with Crippen molar-refractivity contribution in [3.8, 4) is 5.75 Å². The van der Waals surface area contributed by atoms with E-state index in [9.17, 15) is 9.90 Å². The van der Waals surface area contributed by atoms with Gasteiger partial charge in [-0.3, -0.25) is 9.36 Å². The third kappa shape index (κ3) is 3.25. The van der Waals surface area contributed by atoms with Crippen LogP contribution in [0, 0.1) is 6.92 Å². The van der Waals surface area contributed by atoms with Crippen LogP contribution in [0.25, 0.3) is 10.9 Å². The van der Waals surface area contributed by atoms with E-state index in [1.54, 1.807) is 29.7 Å². The van der Waals surface area contributed by atoms with Gasteiger partial charge in [-0.2, -0.15) is 0 Å². The van der Waals surface area contributed by atoms with Crippen molar-refractivity contribution in [1.82, 2.24) is 4.57 Å². The Morgan fingerprint density at radius 2 is 1.96 bits per heavy atom. The number of hydrogen-bond donors (Lipinski definition) is 1. The molecule has 25 heavy (non-hydrogen) atoms. The van der Waals surface area contributed by atoms with Crippen LogP contribution in [0.2, 0.25) is 10.0 Å². The van der Waals surface area contributed by atoms with Crippen molar-refractivity contribution in [3.05, 3.63) is 63.8 Å². The summed E-state index contributed by atoms with van der Waals surface area (Å²) in [5.74, 6) is 0.155. The van der Waals surface area contributed by atoms with Crippen LogP contribution in [-0.2, 0) is 6.61 Å². The van der Waals surface area contributed by atoms with E-state index in [1.165, 1.54) is 0 Å². The molecular formula is C19H17Cl2NO3. The fourth-order valence-corrected chi connectivity index (χ4v) is 3.36. The topological polar surface area (TPSA) is 51.5 Å². The van der Waals surface area contributed by atoms with Crippen LogP contribution >= 0.6 is 23.2 Å². The zero-order valence-electron chi connectivity index (χ0n) is 13.8. The molecule has 0 amide bonds. The first kappa shape index (κ1) is 17.8. The van der Waals surface area contributed by atoms with E-state index >= 15 is 0 Å². The van der Waals surface area contributed by atoms with Crippen LogP contribution in [0.5, 0.6) is 5.75 Å². The fourth-order valence-electron chi connectivity index (χ4n) is 2.91. The molecule has 1 atom stereocenters. The second kappa shape index (κ2) is 7.08. The van der Waals surface area contributed by atoms with E-state index in [0.717, 1.165) is 16.5 Å². The predicted molar refractivity (Wildman–Crippen MR) is 99.8 cm³/mol. The Balaban J connectivity index is 1.98. The number of aliphatic hydroxyl groups excluding tert-OH is 1. The zero-order valence-corrected chi connectivity index (χ0v) is 15.3. The van der Waals surface area contributed by atoms with Gasteiger partial charge in [0.05, 0.1) is 17.1 Å². The number of carbonyl (C=O) groups is 1. The Kier molecular flexibility index (Phi) is 5.04. The second-order valence-electron chi connectivity index (χ2n) is 5.75. The van der Waals surface area contributed by atoms with Gasteiger partial charge in [-0.15, -0.1) is 0 Å². The Labute approximate surface area is 155 Å². The van der Waals surface area contributed by atoms with Crippen molar-refractivity contribution in [2.75, 3.05) is 0 Å². The average Bonchev–Trinajstić information content (AvgIpc) is 2.87. The van der Waals surface area contributed by atoms with Crippen molar-refractivity contribution in [3.63, 3.8) is 0 Å². The molecular weight excluding hydrogens is 361 g/mol. The van der Waals surface area contributed by atoms with Crippen LogP contribution in [0.1, 0.15) is 23.0 Å². The minimum Gasteiger partial charge on any atom is -0.479 e. The highest BCUT2D eigenvalue weighted by Gasteiger charge is 2.24. The Bertz CT molecular complexity index is 949. The van der Waals surface area contributed by atoms with Gasteiger partial charge in [0.2, 0.25) is 0 Å². The van der Waals surface area contributed by atoms with Gasteiger partial charge in [0.1, 0.15) is 5.75 Å². The number of halogens is 2. The number of rotatable bonds is 4. The van der Waals surface area contributed by atoms with E-state index < -0.39 is 6.10 Å². The summed E-state index contributed by atoms with van der Waals surface area (Å²) in [6, 6.07) is 12.3. The highest BCUT2D eigenvalue weighted by Crippen LogP contribution is 2.30. The summed E-state index contributed by atoms with van der Waals surface area (Å²) >= 11 is 12.0. The fraction of sp³-hybridized carbons (Fsp3) is 0.211. The number of nitrogens with zero attached hydrogens (tertiary/aromatic N) is 1. The number of fused-ring (bicyclic) bond motifs is 1. The van der Waals surface area contributed by atoms with Crippen molar-refractivity contribution in [1.29, 1.82) is 0 Å². The molecule has 1 heterocycles. The maximum absolute atomic E-state index is 13.0. The summed E-state index contributed by atoms with van der Waals surface area (Å²) in [4.78, 5) is 13.0. The molecule has 130 valence electrons. The SMILES string of the molecule is Cc1c(CO)c2ccccc2n1C(=O)C(C)Oc1ccc(Cl)cc1Cl. The quantitative estimate of drug-likeness (QED) is 0.706. The number of carbonyl (C=O) groups excluding carboxylic acids is 1. The van der Waals surface area contributed by atoms with Crippen LogP contribution in [-0.4, -0.2) is 21.7 Å². The first-order valence-corrected chi connectivity index (χ1v) is 8.55. The smallest absolute Gasteiger partial charge is 0.272 e. The van der Waals surface area contributed by atoms with Crippen molar-refractivity contribution < 1.29 is 14.6 Å². The van der Waals surface area contributed by atoms with Gasteiger partial charge >= 0.3 is 0 Å². The summed E-state index contributed by atoms with van der Waals surface area (Å²) in [6.45, 7) is 3.34. The molecule has 0 saturated carbocycles. The lowest BCUT2D eigenvalue weighted by molar-refractivity contribution is 0.0731. The lowest BCUT2D eigenvalue weighted by atomic mass is 10.1. The van der Waals surface area contributed by atoms with E-state index in [4.69, 9.17) is 27.9 Å². The maximum Gasteiger partial charge on any atom is 0.272 e. The van der Waals surface area contributed by atoms with Gasteiger partial charge in [0.25, 0.3) is 5.91 Å². The number of aromatic nitrogens is 1. The van der Waals surface area contributed by atoms with Gasteiger partial charge in [0.15, 0.2) is 6.10 Å². The number of aliphatic hydroxyl groups is 1. The van der Waals surface area contributed by atoms with Crippen LogP contribution in [0.4, 0.5) is 0 Å². The Morgan fingerprint density at radius 1 is 1.24 bits per heavy atom. The molecule has 0 spiro atoms. The Morgan fingerprint density at radius 3 is 2.64 bits per heavy atom. The first-order chi connectivity index (χ1) is 11.9. The standard InChI is InChI=1S/C19H17Cl2NO3/c1-11-15(10-23)14-5-3-4-6-17(14)22(11)19(24)12(2)25-18-8-7-13(20)9-16(18)21/h3-9,12,23H,10H2,1-2H3. The molecule has 4 nitrogen and oxygen atoms in total. The molecule has 1 N–H and O–H groups in total. The molecule has 0 radical (unpaired) electrons. The molecule has 3 aromatic rings. The molecule has 3 rings (SSSR count). The molecule has 0 aliphatic heterocycles. The number of benzene rings is 2.